The molecular formula is C24H22FN5O5S. The van der Waals surface area contributed by atoms with Crippen LogP contribution in [-0.2, 0) is 22.0 Å². The SMILES string of the molecule is COc1cccc(OC)c1-n1c(CS(=O)(=O)[C@H](C)Cc2ncc(F)cc2C#N)nnc1-c1ccco1. The summed E-state index contributed by atoms with van der Waals surface area (Å²) in [5, 5.41) is 16.7. The third-order valence-corrected chi connectivity index (χ3v) is 7.63. The smallest absolute Gasteiger partial charge is 0.204 e. The van der Waals surface area contributed by atoms with Gasteiger partial charge in [-0.2, -0.15) is 5.26 Å². The predicted octanol–water partition coefficient (Wildman–Crippen LogP) is 3.50. The van der Waals surface area contributed by atoms with Crippen LogP contribution in [-0.4, -0.2) is 47.6 Å². The number of sulfone groups is 1. The maximum Gasteiger partial charge on any atom is 0.204 e. The van der Waals surface area contributed by atoms with Gasteiger partial charge in [0.2, 0.25) is 5.82 Å². The summed E-state index contributed by atoms with van der Waals surface area (Å²) in [5.41, 5.74) is 0.585. The fourth-order valence-corrected chi connectivity index (χ4v) is 4.95. The van der Waals surface area contributed by atoms with Crippen LogP contribution in [0.4, 0.5) is 4.39 Å². The summed E-state index contributed by atoms with van der Waals surface area (Å²) in [7, 11) is -0.886. The Kier molecular flexibility index (Phi) is 7.03. The lowest BCUT2D eigenvalue weighted by Crippen LogP contribution is -2.24. The van der Waals surface area contributed by atoms with Gasteiger partial charge in [-0.15, -0.1) is 10.2 Å². The second-order valence-corrected chi connectivity index (χ2v) is 10.3. The van der Waals surface area contributed by atoms with E-state index in [1.807, 2.05) is 6.07 Å². The molecule has 12 heteroatoms. The van der Waals surface area contributed by atoms with Gasteiger partial charge in [0.15, 0.2) is 21.4 Å². The van der Waals surface area contributed by atoms with Crippen LogP contribution < -0.4 is 9.47 Å². The van der Waals surface area contributed by atoms with Crippen molar-refractivity contribution in [2.45, 2.75) is 24.3 Å². The van der Waals surface area contributed by atoms with Crippen LogP contribution in [0.15, 0.2) is 53.3 Å². The van der Waals surface area contributed by atoms with Crippen LogP contribution in [0, 0.1) is 17.1 Å². The number of nitrogens with zero attached hydrogens (tertiary/aromatic N) is 5. The van der Waals surface area contributed by atoms with Gasteiger partial charge in [-0.1, -0.05) is 6.07 Å². The quantitative estimate of drug-likeness (QED) is 0.331. The number of nitriles is 1. The van der Waals surface area contributed by atoms with Gasteiger partial charge in [0.25, 0.3) is 0 Å². The Hall–Kier alpha value is -4.24. The maximum absolute atomic E-state index is 13.5. The van der Waals surface area contributed by atoms with Gasteiger partial charge >= 0.3 is 0 Å². The number of para-hydroxylation sites is 1. The summed E-state index contributed by atoms with van der Waals surface area (Å²) in [6, 6.07) is 11.4. The zero-order valence-electron chi connectivity index (χ0n) is 19.7. The number of benzene rings is 1. The Morgan fingerprint density at radius 2 is 1.89 bits per heavy atom. The molecule has 0 fully saturated rings. The average molecular weight is 512 g/mol. The maximum atomic E-state index is 13.5. The molecule has 1 atom stereocenters. The molecule has 4 rings (SSSR count). The Balaban J connectivity index is 1.77. The molecule has 186 valence electrons. The van der Waals surface area contributed by atoms with Gasteiger partial charge in [0, 0.05) is 6.42 Å². The van der Waals surface area contributed by atoms with Crippen LogP contribution in [0.1, 0.15) is 24.0 Å². The molecule has 1 aromatic carbocycles. The molecule has 4 aromatic rings. The third kappa shape index (κ3) is 4.78. The molecule has 0 unspecified atom stereocenters. The zero-order chi connectivity index (χ0) is 25.9. The number of methoxy groups -OCH3 is 2. The van der Waals surface area contributed by atoms with Gasteiger partial charge in [-0.3, -0.25) is 9.55 Å². The standard InChI is InChI=1S/C24H22FN5O5S/c1-15(10-18-16(12-26)11-17(25)13-27-18)36(31,32)14-22-28-29-24(21-8-5-9-35-21)30(22)23-19(33-2)6-4-7-20(23)34-3/h4-9,11,13,15H,10,14H2,1-3H3/t15-/m1/s1. The molecule has 0 aliphatic rings. The molecule has 0 aliphatic heterocycles. The molecule has 0 saturated heterocycles. The molecule has 0 saturated carbocycles. The first kappa shape index (κ1) is 24.9. The Morgan fingerprint density at radius 3 is 2.50 bits per heavy atom. The minimum Gasteiger partial charge on any atom is -0.494 e. The largest absolute Gasteiger partial charge is 0.494 e. The molecular weight excluding hydrogens is 489 g/mol. The number of hydrogen-bond acceptors (Lipinski definition) is 9. The Morgan fingerprint density at radius 1 is 1.17 bits per heavy atom. The van der Waals surface area contributed by atoms with Crippen LogP contribution in [0.3, 0.4) is 0 Å². The van der Waals surface area contributed by atoms with Gasteiger partial charge in [0.05, 0.1) is 43.2 Å². The van der Waals surface area contributed by atoms with Crippen LogP contribution in [0.5, 0.6) is 11.5 Å². The van der Waals surface area contributed by atoms with E-state index in [9.17, 15) is 18.1 Å². The van der Waals surface area contributed by atoms with Gasteiger partial charge < -0.3 is 13.9 Å². The summed E-state index contributed by atoms with van der Waals surface area (Å²) in [6.45, 7) is 1.50. The molecule has 0 spiro atoms. The molecule has 0 bridgehead atoms. The van der Waals surface area contributed by atoms with E-state index in [4.69, 9.17) is 13.9 Å². The molecule has 10 nitrogen and oxygen atoms in total. The predicted molar refractivity (Wildman–Crippen MR) is 127 cm³/mol. The van der Waals surface area contributed by atoms with E-state index in [-0.39, 0.29) is 29.3 Å². The highest BCUT2D eigenvalue weighted by atomic mass is 32.2. The molecule has 0 radical (unpaired) electrons. The Bertz CT molecular complexity index is 1500. The van der Waals surface area contributed by atoms with Crippen molar-refractivity contribution < 1.29 is 26.7 Å². The lowest BCUT2D eigenvalue weighted by atomic mass is 10.1. The normalized spacial score (nSPS) is 12.2. The number of halogens is 1. The zero-order valence-corrected chi connectivity index (χ0v) is 20.5. The lowest BCUT2D eigenvalue weighted by Gasteiger charge is -2.18. The average Bonchev–Trinajstić information content (AvgIpc) is 3.54. The highest BCUT2D eigenvalue weighted by molar-refractivity contribution is 7.91. The lowest BCUT2D eigenvalue weighted by molar-refractivity contribution is 0.390. The fraction of sp³-hybridized carbons (Fsp3) is 0.250. The van der Waals surface area contributed by atoms with E-state index in [1.54, 1.807) is 30.3 Å². The molecule has 3 aromatic heterocycles. The van der Waals surface area contributed by atoms with E-state index < -0.39 is 26.7 Å². The fourth-order valence-electron chi connectivity index (χ4n) is 3.71. The van der Waals surface area contributed by atoms with Crippen molar-refractivity contribution in [3.63, 3.8) is 0 Å². The van der Waals surface area contributed by atoms with Crippen molar-refractivity contribution in [1.29, 1.82) is 5.26 Å². The van der Waals surface area contributed by atoms with Gasteiger partial charge in [-0.05, 0) is 37.3 Å². The van der Waals surface area contributed by atoms with Crippen molar-refractivity contribution in [1.82, 2.24) is 19.7 Å². The monoisotopic (exact) mass is 511 g/mol. The van der Waals surface area contributed by atoms with E-state index in [0.29, 0.717) is 22.9 Å². The molecule has 0 amide bonds. The van der Waals surface area contributed by atoms with E-state index in [1.165, 1.54) is 32.0 Å². The first-order chi connectivity index (χ1) is 17.3. The number of hydrogen-bond donors (Lipinski definition) is 0. The van der Waals surface area contributed by atoms with Crippen molar-refractivity contribution in [2.75, 3.05) is 14.2 Å². The van der Waals surface area contributed by atoms with E-state index in [2.05, 4.69) is 15.2 Å². The van der Waals surface area contributed by atoms with E-state index in [0.717, 1.165) is 12.3 Å². The van der Waals surface area contributed by atoms with Crippen LogP contribution >= 0.6 is 0 Å². The third-order valence-electron chi connectivity index (χ3n) is 5.58. The number of aromatic nitrogens is 4. The first-order valence-electron chi connectivity index (χ1n) is 10.7. The first-order valence-corrected chi connectivity index (χ1v) is 12.5. The van der Waals surface area contributed by atoms with Crippen molar-refractivity contribution in [2.24, 2.45) is 0 Å². The highest BCUT2D eigenvalue weighted by Crippen LogP contribution is 2.36. The highest BCUT2D eigenvalue weighted by Gasteiger charge is 2.30. The minimum atomic E-state index is -3.85. The topological polar surface area (TPSA) is 133 Å². The van der Waals surface area contributed by atoms with Crippen molar-refractivity contribution in [3.05, 3.63) is 71.8 Å². The Labute approximate surface area is 206 Å². The molecule has 36 heavy (non-hydrogen) atoms. The second-order valence-electron chi connectivity index (χ2n) is 7.85. The van der Waals surface area contributed by atoms with Gasteiger partial charge in [-0.25, -0.2) is 12.8 Å². The summed E-state index contributed by atoms with van der Waals surface area (Å²) in [5.74, 6) is 0.366. The summed E-state index contributed by atoms with van der Waals surface area (Å²) < 4.78 is 58.4. The van der Waals surface area contributed by atoms with Gasteiger partial charge in [0.1, 0.15) is 34.8 Å². The number of pyridine rings is 1. The molecule has 0 N–H and O–H groups in total. The summed E-state index contributed by atoms with van der Waals surface area (Å²) in [6.07, 6.45) is 2.34. The van der Waals surface area contributed by atoms with Crippen LogP contribution in [0.2, 0.25) is 0 Å². The summed E-state index contributed by atoms with van der Waals surface area (Å²) >= 11 is 0. The summed E-state index contributed by atoms with van der Waals surface area (Å²) in [4.78, 5) is 3.92. The van der Waals surface area contributed by atoms with Crippen LogP contribution in [0.25, 0.3) is 17.3 Å². The molecule has 0 aliphatic carbocycles. The number of furan rings is 1. The molecule has 3 heterocycles. The van der Waals surface area contributed by atoms with E-state index >= 15 is 0 Å². The number of ether oxygens (including phenoxy) is 2. The van der Waals surface area contributed by atoms with Crippen molar-refractivity contribution >= 4 is 9.84 Å². The number of rotatable bonds is 9. The van der Waals surface area contributed by atoms with Crippen molar-refractivity contribution in [3.8, 4) is 34.8 Å². The minimum absolute atomic E-state index is 0.0147. The second kappa shape index (κ2) is 10.2.